The average molecular weight is 623 g/mol. The van der Waals surface area contributed by atoms with Gasteiger partial charge in [0.05, 0.1) is 12.1 Å². The van der Waals surface area contributed by atoms with Crippen molar-refractivity contribution in [3.05, 3.63) is 92.8 Å². The lowest BCUT2D eigenvalue weighted by Gasteiger charge is -2.37. The molecule has 0 aromatic heterocycles. The molecule has 11 heteroatoms. The van der Waals surface area contributed by atoms with Gasteiger partial charge < -0.3 is 4.74 Å². The molecule has 0 bridgehead atoms. The molecule has 1 heterocycles. The van der Waals surface area contributed by atoms with Gasteiger partial charge in [0.15, 0.2) is 0 Å². The van der Waals surface area contributed by atoms with Gasteiger partial charge in [0.2, 0.25) is 6.10 Å². The van der Waals surface area contributed by atoms with E-state index in [2.05, 4.69) is 0 Å². The third-order valence-corrected chi connectivity index (χ3v) is 6.98. The molecule has 3 aromatic carbocycles. The van der Waals surface area contributed by atoms with Gasteiger partial charge in [0.25, 0.3) is 0 Å². The van der Waals surface area contributed by atoms with Gasteiger partial charge in [-0.2, -0.15) is 26.3 Å². The number of rotatable bonds is 4. The Bertz CT molecular complexity index is 1290. The van der Waals surface area contributed by atoms with Crippen LogP contribution in [-0.4, -0.2) is 23.3 Å². The van der Waals surface area contributed by atoms with Gasteiger partial charge in [-0.25, -0.2) is 9.18 Å². The monoisotopic (exact) mass is 623 g/mol. The first-order valence-corrected chi connectivity index (χ1v) is 11.6. The van der Waals surface area contributed by atoms with Crippen LogP contribution >= 0.6 is 22.6 Å². The number of hydrogen-bond acceptors (Lipinski definition) is 2. The maximum atomic E-state index is 14.0. The van der Waals surface area contributed by atoms with E-state index in [-0.39, 0.29) is 20.3 Å². The molecule has 3 aromatic rings. The highest BCUT2D eigenvalue weighted by Gasteiger charge is 2.63. The van der Waals surface area contributed by atoms with Crippen LogP contribution in [0.15, 0.2) is 66.7 Å². The molecule has 2 atom stereocenters. The third kappa shape index (κ3) is 4.76. The van der Waals surface area contributed by atoms with Crippen LogP contribution in [0, 0.1) is 9.39 Å². The van der Waals surface area contributed by atoms with E-state index in [4.69, 9.17) is 4.74 Å². The molecular formula is C25H17F7INO2. The fraction of sp³-hybridized carbons (Fsp3) is 0.240. The quantitative estimate of drug-likeness (QED) is 0.219. The fourth-order valence-corrected chi connectivity index (χ4v) is 4.84. The zero-order chi connectivity index (χ0) is 26.5. The van der Waals surface area contributed by atoms with Crippen molar-refractivity contribution in [2.45, 2.75) is 37.5 Å². The Morgan fingerprint density at radius 3 is 2.22 bits per heavy atom. The molecule has 0 spiro atoms. The number of alkyl halides is 6. The fourth-order valence-electron chi connectivity index (χ4n) is 4.32. The first-order valence-electron chi connectivity index (χ1n) is 10.5. The Labute approximate surface area is 215 Å². The van der Waals surface area contributed by atoms with Crippen LogP contribution in [0.1, 0.15) is 23.6 Å². The predicted octanol–water partition coefficient (Wildman–Crippen LogP) is 7.91. The number of cyclic esters (lactones) is 1. The number of ether oxygens (including phenoxy) is 1. The summed E-state index contributed by atoms with van der Waals surface area (Å²) in [5, 5.41) is 0. The van der Waals surface area contributed by atoms with Crippen LogP contribution in [0.3, 0.4) is 0 Å². The smallest absolute Gasteiger partial charge is 0.428 e. The van der Waals surface area contributed by atoms with E-state index >= 15 is 0 Å². The summed E-state index contributed by atoms with van der Waals surface area (Å²) in [5.41, 5.74) is -2.54. The molecule has 1 fully saturated rings. The summed E-state index contributed by atoms with van der Waals surface area (Å²) in [4.78, 5) is 13.6. The van der Waals surface area contributed by atoms with E-state index in [9.17, 15) is 35.5 Å². The number of nitrogens with zero attached hydrogens (tertiary/aromatic N) is 1. The van der Waals surface area contributed by atoms with Crippen molar-refractivity contribution < 1.29 is 40.3 Å². The Morgan fingerprint density at radius 1 is 0.972 bits per heavy atom. The summed E-state index contributed by atoms with van der Waals surface area (Å²) in [6, 6.07) is 14.0. The molecule has 0 radical (unpaired) electrons. The van der Waals surface area contributed by atoms with E-state index in [1.165, 1.54) is 43.3 Å². The standard InChI is InChI=1S/C25H17F7INO2/c1-23(16-5-3-2-4-6-16)21(25(30,31)32)36-22(35)34(23)13-15-11-17(24(27,28)29)8-9-18(15)14-7-10-19(26)20(33)12-14/h2-12,21H,13H2,1H3. The SMILES string of the molecule is CC1(c2ccccc2)C(C(F)(F)F)OC(=O)N1Cc1cc(C(F)(F)F)ccc1-c1ccc(F)c(I)c1. The summed E-state index contributed by atoms with van der Waals surface area (Å²) in [5.74, 6) is -0.541. The normalized spacial score (nSPS) is 20.5. The van der Waals surface area contributed by atoms with Crippen molar-refractivity contribution in [3.8, 4) is 11.1 Å². The first kappa shape index (κ1) is 26.2. The number of halogens is 8. The van der Waals surface area contributed by atoms with Crippen LogP contribution in [-0.2, 0) is 23.0 Å². The lowest BCUT2D eigenvalue weighted by molar-refractivity contribution is -0.214. The second-order valence-electron chi connectivity index (χ2n) is 8.40. The minimum absolute atomic E-state index is 0.0748. The van der Waals surface area contributed by atoms with Gasteiger partial charge in [0.1, 0.15) is 11.4 Å². The lowest BCUT2D eigenvalue weighted by atomic mass is 9.84. The molecule has 1 aliphatic heterocycles. The van der Waals surface area contributed by atoms with Gasteiger partial charge in [0, 0.05) is 3.57 Å². The van der Waals surface area contributed by atoms with Gasteiger partial charge in [-0.05, 0) is 76.0 Å². The second-order valence-corrected chi connectivity index (χ2v) is 9.57. The summed E-state index contributed by atoms with van der Waals surface area (Å²) >= 11 is 1.72. The van der Waals surface area contributed by atoms with Crippen molar-refractivity contribution >= 4 is 28.7 Å². The molecule has 3 nitrogen and oxygen atoms in total. The number of hydrogen-bond donors (Lipinski definition) is 0. The molecular weight excluding hydrogens is 606 g/mol. The van der Waals surface area contributed by atoms with Gasteiger partial charge in [-0.1, -0.05) is 42.5 Å². The zero-order valence-electron chi connectivity index (χ0n) is 18.4. The number of amides is 1. The van der Waals surface area contributed by atoms with E-state index in [1.54, 1.807) is 28.7 Å². The topological polar surface area (TPSA) is 29.5 Å². The van der Waals surface area contributed by atoms with Crippen LogP contribution in [0.2, 0.25) is 0 Å². The molecule has 0 saturated carbocycles. The summed E-state index contributed by atoms with van der Waals surface area (Å²) in [6.45, 7) is 0.545. The number of benzene rings is 3. The molecule has 1 amide bonds. The third-order valence-electron chi connectivity index (χ3n) is 6.16. The van der Waals surface area contributed by atoms with Crippen molar-refractivity contribution in [1.29, 1.82) is 0 Å². The molecule has 4 rings (SSSR count). The van der Waals surface area contributed by atoms with Gasteiger partial charge in [-0.15, -0.1) is 0 Å². The minimum atomic E-state index is -4.95. The largest absolute Gasteiger partial charge is 0.433 e. The van der Waals surface area contributed by atoms with E-state index < -0.39 is 48.0 Å². The second kappa shape index (κ2) is 9.24. The summed E-state index contributed by atoms with van der Waals surface area (Å²) in [6.07, 6.45) is -13.6. The molecule has 190 valence electrons. The highest BCUT2D eigenvalue weighted by Crippen LogP contribution is 2.48. The maximum absolute atomic E-state index is 14.0. The van der Waals surface area contributed by atoms with Crippen LogP contribution in [0.4, 0.5) is 35.5 Å². The molecule has 36 heavy (non-hydrogen) atoms. The highest BCUT2D eigenvalue weighted by atomic mass is 127. The molecule has 2 unspecified atom stereocenters. The molecule has 1 saturated heterocycles. The minimum Gasteiger partial charge on any atom is -0.433 e. The Kier molecular flexibility index (Phi) is 6.73. The maximum Gasteiger partial charge on any atom is 0.428 e. The average Bonchev–Trinajstić information content (AvgIpc) is 3.07. The zero-order valence-corrected chi connectivity index (χ0v) is 20.6. The van der Waals surface area contributed by atoms with Crippen LogP contribution in [0.5, 0.6) is 0 Å². The molecule has 0 aliphatic carbocycles. The van der Waals surface area contributed by atoms with Gasteiger partial charge in [-0.3, -0.25) is 4.90 Å². The van der Waals surface area contributed by atoms with Crippen molar-refractivity contribution in [1.82, 2.24) is 4.90 Å². The Hall–Kier alpha value is -2.83. The summed E-state index contributed by atoms with van der Waals surface area (Å²) in [7, 11) is 0. The first-order chi connectivity index (χ1) is 16.7. The Balaban J connectivity index is 1.88. The molecule has 1 aliphatic rings. The van der Waals surface area contributed by atoms with Gasteiger partial charge >= 0.3 is 18.4 Å². The number of carbonyl (C=O) groups is 1. The summed E-state index contributed by atoms with van der Waals surface area (Å²) < 4.78 is 101. The van der Waals surface area contributed by atoms with E-state index in [0.717, 1.165) is 29.2 Å². The lowest BCUT2D eigenvalue weighted by Crippen LogP contribution is -2.51. The Morgan fingerprint density at radius 2 is 1.64 bits per heavy atom. The van der Waals surface area contributed by atoms with Crippen LogP contribution in [0.25, 0.3) is 11.1 Å². The van der Waals surface area contributed by atoms with Crippen molar-refractivity contribution in [2.24, 2.45) is 0 Å². The van der Waals surface area contributed by atoms with Crippen molar-refractivity contribution in [2.75, 3.05) is 0 Å². The predicted molar refractivity (Wildman–Crippen MR) is 125 cm³/mol. The van der Waals surface area contributed by atoms with Crippen molar-refractivity contribution in [3.63, 3.8) is 0 Å². The van der Waals surface area contributed by atoms with Crippen LogP contribution < -0.4 is 0 Å². The highest BCUT2D eigenvalue weighted by molar-refractivity contribution is 14.1. The van der Waals surface area contributed by atoms with E-state index in [1.807, 2.05) is 0 Å². The number of carbonyl (C=O) groups excluding carboxylic acids is 1. The van der Waals surface area contributed by atoms with E-state index in [0.29, 0.717) is 5.56 Å². The molecule has 0 N–H and O–H groups in total.